The SMILES string of the molecule is COc1cc(NC(=O)c2cn(-c3ccccc3)nc2-c2cc(OC)ccc2OC)cc(OC)c1. The number of ether oxygens (including phenoxy) is 4. The fraction of sp³-hybridized carbons (Fsp3) is 0.154. The van der Waals surface area contributed by atoms with Gasteiger partial charge in [-0.15, -0.1) is 0 Å². The van der Waals surface area contributed by atoms with Crippen LogP contribution in [0.5, 0.6) is 23.0 Å². The second-order valence-electron chi connectivity index (χ2n) is 7.29. The van der Waals surface area contributed by atoms with Gasteiger partial charge >= 0.3 is 0 Å². The summed E-state index contributed by atoms with van der Waals surface area (Å²) in [5.41, 5.74) is 2.78. The molecule has 4 rings (SSSR count). The van der Waals surface area contributed by atoms with Crippen molar-refractivity contribution >= 4 is 11.6 Å². The summed E-state index contributed by atoms with van der Waals surface area (Å²) in [6, 6.07) is 20.1. The number of carbonyl (C=O) groups is 1. The summed E-state index contributed by atoms with van der Waals surface area (Å²) in [5.74, 6) is 1.95. The molecule has 0 spiro atoms. The minimum absolute atomic E-state index is 0.350. The molecule has 1 amide bonds. The summed E-state index contributed by atoms with van der Waals surface area (Å²) < 4.78 is 23.3. The standard InChI is InChI=1S/C26H25N3O5/c1-31-19-10-11-24(34-4)22(15-19)25-23(16-29(28-25)18-8-6-5-7-9-18)26(30)27-17-12-20(32-2)14-21(13-17)33-3/h5-16H,1-4H3,(H,27,30). The Hall–Kier alpha value is -4.46. The van der Waals surface area contributed by atoms with Gasteiger partial charge in [0.1, 0.15) is 28.7 Å². The molecule has 1 N–H and O–H groups in total. The number of rotatable bonds is 8. The van der Waals surface area contributed by atoms with E-state index in [1.165, 1.54) is 0 Å². The minimum Gasteiger partial charge on any atom is -0.497 e. The van der Waals surface area contributed by atoms with E-state index in [4.69, 9.17) is 24.0 Å². The molecule has 0 saturated heterocycles. The molecule has 0 atom stereocenters. The van der Waals surface area contributed by atoms with Crippen molar-refractivity contribution in [3.05, 3.63) is 78.5 Å². The Balaban J connectivity index is 1.82. The maximum Gasteiger partial charge on any atom is 0.259 e. The van der Waals surface area contributed by atoms with E-state index in [-0.39, 0.29) is 5.91 Å². The average molecular weight is 460 g/mol. The third-order valence-corrected chi connectivity index (χ3v) is 5.25. The third kappa shape index (κ3) is 4.66. The van der Waals surface area contributed by atoms with E-state index in [2.05, 4.69) is 5.32 Å². The quantitative estimate of drug-likeness (QED) is 0.407. The molecule has 34 heavy (non-hydrogen) atoms. The first kappa shape index (κ1) is 22.7. The van der Waals surface area contributed by atoms with Gasteiger partial charge in [0.25, 0.3) is 5.91 Å². The number of amides is 1. The maximum absolute atomic E-state index is 13.5. The van der Waals surface area contributed by atoms with Gasteiger partial charge in [-0.2, -0.15) is 5.10 Å². The Morgan fingerprint density at radius 3 is 2.09 bits per heavy atom. The number of anilines is 1. The Morgan fingerprint density at radius 2 is 1.47 bits per heavy atom. The van der Waals surface area contributed by atoms with E-state index < -0.39 is 0 Å². The second-order valence-corrected chi connectivity index (χ2v) is 7.29. The highest BCUT2D eigenvalue weighted by atomic mass is 16.5. The number of nitrogens with zero attached hydrogens (tertiary/aromatic N) is 2. The molecular formula is C26H25N3O5. The molecule has 0 bridgehead atoms. The number of carbonyl (C=O) groups excluding carboxylic acids is 1. The first-order chi connectivity index (χ1) is 16.6. The predicted octanol–water partition coefficient (Wildman–Crippen LogP) is 4.83. The predicted molar refractivity (Wildman–Crippen MR) is 130 cm³/mol. The van der Waals surface area contributed by atoms with E-state index >= 15 is 0 Å². The summed E-state index contributed by atoms with van der Waals surface area (Å²) in [7, 11) is 6.26. The smallest absolute Gasteiger partial charge is 0.259 e. The molecule has 0 aliphatic carbocycles. The highest BCUT2D eigenvalue weighted by Crippen LogP contribution is 2.35. The number of hydrogen-bond acceptors (Lipinski definition) is 6. The zero-order valence-electron chi connectivity index (χ0n) is 19.4. The molecule has 3 aromatic carbocycles. The van der Waals surface area contributed by atoms with E-state index in [1.54, 1.807) is 75.7 Å². The van der Waals surface area contributed by atoms with Crippen molar-refractivity contribution in [3.8, 4) is 39.9 Å². The Morgan fingerprint density at radius 1 is 0.794 bits per heavy atom. The van der Waals surface area contributed by atoms with Gasteiger partial charge < -0.3 is 24.3 Å². The molecule has 8 heteroatoms. The van der Waals surface area contributed by atoms with Crippen molar-refractivity contribution in [2.75, 3.05) is 33.8 Å². The largest absolute Gasteiger partial charge is 0.497 e. The van der Waals surface area contributed by atoms with Gasteiger partial charge in [-0.25, -0.2) is 4.68 Å². The Bertz CT molecular complexity index is 1280. The van der Waals surface area contributed by atoms with Gasteiger partial charge in [-0.1, -0.05) is 18.2 Å². The van der Waals surface area contributed by atoms with E-state index in [0.29, 0.717) is 45.5 Å². The van der Waals surface area contributed by atoms with Crippen LogP contribution in [0.25, 0.3) is 16.9 Å². The van der Waals surface area contributed by atoms with Gasteiger partial charge in [0.2, 0.25) is 0 Å². The summed E-state index contributed by atoms with van der Waals surface area (Å²) in [4.78, 5) is 13.5. The van der Waals surface area contributed by atoms with Gasteiger partial charge in [0, 0.05) is 35.6 Å². The number of aromatic nitrogens is 2. The van der Waals surface area contributed by atoms with Crippen molar-refractivity contribution in [3.63, 3.8) is 0 Å². The molecule has 0 aliphatic heterocycles. The number of nitrogens with one attached hydrogen (secondary N) is 1. The molecule has 0 aliphatic rings. The molecule has 0 unspecified atom stereocenters. The summed E-state index contributed by atoms with van der Waals surface area (Å²) in [5, 5.41) is 7.66. The van der Waals surface area contributed by atoms with Crippen LogP contribution in [0.3, 0.4) is 0 Å². The molecule has 0 radical (unpaired) electrons. The lowest BCUT2D eigenvalue weighted by molar-refractivity contribution is 0.102. The average Bonchev–Trinajstić information content (AvgIpc) is 3.34. The van der Waals surface area contributed by atoms with Crippen molar-refractivity contribution in [2.24, 2.45) is 0 Å². The topological polar surface area (TPSA) is 83.8 Å². The van der Waals surface area contributed by atoms with Crippen LogP contribution in [0.4, 0.5) is 5.69 Å². The number of benzene rings is 3. The van der Waals surface area contributed by atoms with Crippen LogP contribution in [0.15, 0.2) is 72.9 Å². The lowest BCUT2D eigenvalue weighted by Gasteiger charge is -2.12. The molecule has 1 aromatic heterocycles. The molecule has 4 aromatic rings. The van der Waals surface area contributed by atoms with Crippen LogP contribution >= 0.6 is 0 Å². The van der Waals surface area contributed by atoms with Crippen LogP contribution in [0.1, 0.15) is 10.4 Å². The van der Waals surface area contributed by atoms with Crippen molar-refractivity contribution in [1.29, 1.82) is 0 Å². The van der Waals surface area contributed by atoms with Crippen molar-refractivity contribution in [1.82, 2.24) is 9.78 Å². The summed E-state index contributed by atoms with van der Waals surface area (Å²) in [6.45, 7) is 0. The van der Waals surface area contributed by atoms with Gasteiger partial charge in [0.15, 0.2) is 0 Å². The van der Waals surface area contributed by atoms with Crippen molar-refractivity contribution in [2.45, 2.75) is 0 Å². The van der Waals surface area contributed by atoms with Gasteiger partial charge in [-0.05, 0) is 30.3 Å². The van der Waals surface area contributed by atoms with Crippen LogP contribution in [0.2, 0.25) is 0 Å². The lowest BCUT2D eigenvalue weighted by atomic mass is 10.1. The fourth-order valence-corrected chi connectivity index (χ4v) is 3.53. The first-order valence-corrected chi connectivity index (χ1v) is 10.5. The first-order valence-electron chi connectivity index (χ1n) is 10.5. The monoisotopic (exact) mass is 459 g/mol. The van der Waals surface area contributed by atoms with Crippen molar-refractivity contribution < 1.29 is 23.7 Å². The Labute approximate surface area is 197 Å². The van der Waals surface area contributed by atoms with E-state index in [1.807, 2.05) is 30.3 Å². The highest BCUT2D eigenvalue weighted by molar-refractivity contribution is 6.08. The number of methoxy groups -OCH3 is 4. The molecule has 1 heterocycles. The second kappa shape index (κ2) is 9.99. The fourth-order valence-electron chi connectivity index (χ4n) is 3.53. The lowest BCUT2D eigenvalue weighted by Crippen LogP contribution is -2.12. The molecule has 8 nitrogen and oxygen atoms in total. The van der Waals surface area contributed by atoms with Crippen LogP contribution in [-0.2, 0) is 0 Å². The zero-order valence-corrected chi connectivity index (χ0v) is 19.4. The van der Waals surface area contributed by atoms with E-state index in [9.17, 15) is 4.79 Å². The molecule has 0 fully saturated rings. The zero-order chi connectivity index (χ0) is 24.1. The van der Waals surface area contributed by atoms with Crippen LogP contribution < -0.4 is 24.3 Å². The Kier molecular flexibility index (Phi) is 6.68. The minimum atomic E-state index is -0.350. The highest BCUT2D eigenvalue weighted by Gasteiger charge is 2.22. The summed E-state index contributed by atoms with van der Waals surface area (Å²) >= 11 is 0. The molecular weight excluding hydrogens is 434 g/mol. The molecule has 0 saturated carbocycles. The number of para-hydroxylation sites is 1. The third-order valence-electron chi connectivity index (χ3n) is 5.25. The maximum atomic E-state index is 13.5. The summed E-state index contributed by atoms with van der Waals surface area (Å²) in [6.07, 6.45) is 1.69. The van der Waals surface area contributed by atoms with E-state index in [0.717, 1.165) is 5.69 Å². The van der Waals surface area contributed by atoms with Gasteiger partial charge in [0.05, 0.1) is 39.7 Å². The van der Waals surface area contributed by atoms with Crippen LogP contribution in [-0.4, -0.2) is 44.1 Å². The normalized spacial score (nSPS) is 10.5. The van der Waals surface area contributed by atoms with Gasteiger partial charge in [-0.3, -0.25) is 4.79 Å². The molecule has 174 valence electrons. The number of hydrogen-bond donors (Lipinski definition) is 1. The van der Waals surface area contributed by atoms with Crippen LogP contribution in [0, 0.1) is 0 Å².